The summed E-state index contributed by atoms with van der Waals surface area (Å²) in [6.45, 7) is 3.10. The quantitative estimate of drug-likeness (QED) is 0.868. The number of carbonyl (C=O) groups is 1. The summed E-state index contributed by atoms with van der Waals surface area (Å²) < 4.78 is 0. The molecule has 0 bridgehead atoms. The Kier molecular flexibility index (Phi) is 3.63. The third-order valence-electron chi connectivity index (χ3n) is 2.59. The molecule has 1 aromatic rings. The molecule has 1 amide bonds. The molecule has 1 N–H and O–H groups in total. The lowest BCUT2D eigenvalue weighted by molar-refractivity contribution is -0.123. The number of nitrogens with zero attached hydrogens (tertiary/aromatic N) is 4. The molecule has 1 aliphatic rings. The predicted octanol–water partition coefficient (Wildman–Crippen LogP) is 0.893. The van der Waals surface area contributed by atoms with Crippen LogP contribution < -0.4 is 10.2 Å². The van der Waals surface area contributed by atoms with Crippen molar-refractivity contribution in [3.63, 3.8) is 0 Å². The molecule has 92 valence electrons. The van der Waals surface area contributed by atoms with Gasteiger partial charge in [-0.25, -0.2) is 0 Å². The third-order valence-corrected chi connectivity index (χ3v) is 3.00. The number of aromatic nitrogens is 3. The van der Waals surface area contributed by atoms with Crippen LogP contribution in [-0.2, 0) is 4.79 Å². The summed E-state index contributed by atoms with van der Waals surface area (Å²) in [5.41, 5.74) is 0. The highest BCUT2D eigenvalue weighted by Gasteiger charge is 2.30. The largest absolute Gasteiger partial charge is 0.353 e. The Morgan fingerprint density at radius 2 is 2.24 bits per heavy atom. The molecule has 2 rings (SSSR count). The van der Waals surface area contributed by atoms with E-state index in [2.05, 4.69) is 20.5 Å². The maximum absolute atomic E-state index is 11.7. The van der Waals surface area contributed by atoms with Crippen molar-refractivity contribution >= 4 is 34.9 Å². The zero-order valence-corrected chi connectivity index (χ0v) is 10.7. The highest BCUT2D eigenvalue weighted by Crippen LogP contribution is 2.25. The average molecular weight is 276 g/mol. The standard InChI is InChI=1S/C9H11Cl2N5O/c1-2-5-8(17)12-3-4-16(5)7-6(10)14-15-9(11)13-7/h5H,2-4H2,1H3,(H,12,17). The first-order valence-corrected chi connectivity index (χ1v) is 5.99. The van der Waals surface area contributed by atoms with Crippen molar-refractivity contribution < 1.29 is 4.79 Å². The number of carbonyl (C=O) groups excluding carboxylic acids is 1. The van der Waals surface area contributed by atoms with Crippen LogP contribution in [0.1, 0.15) is 13.3 Å². The molecule has 1 saturated heterocycles. The minimum atomic E-state index is -0.297. The molecular weight excluding hydrogens is 265 g/mol. The number of piperazine rings is 1. The molecule has 1 atom stereocenters. The third kappa shape index (κ3) is 2.42. The van der Waals surface area contributed by atoms with Crippen molar-refractivity contribution in [2.75, 3.05) is 18.0 Å². The normalized spacial score (nSPS) is 20.3. The molecule has 1 aliphatic heterocycles. The summed E-state index contributed by atoms with van der Waals surface area (Å²) in [5, 5.41) is 10.2. The first kappa shape index (κ1) is 12.3. The summed E-state index contributed by atoms with van der Waals surface area (Å²) >= 11 is 11.6. The maximum atomic E-state index is 11.7. The predicted molar refractivity (Wildman–Crippen MR) is 64.3 cm³/mol. The molecule has 6 nitrogen and oxygen atoms in total. The summed E-state index contributed by atoms with van der Waals surface area (Å²) in [7, 11) is 0. The molecule has 8 heteroatoms. The van der Waals surface area contributed by atoms with Gasteiger partial charge >= 0.3 is 0 Å². The van der Waals surface area contributed by atoms with E-state index in [1.54, 1.807) is 0 Å². The Morgan fingerprint density at radius 1 is 1.47 bits per heavy atom. The van der Waals surface area contributed by atoms with E-state index >= 15 is 0 Å². The van der Waals surface area contributed by atoms with E-state index in [4.69, 9.17) is 23.2 Å². The summed E-state index contributed by atoms with van der Waals surface area (Å²) in [4.78, 5) is 17.6. The first-order valence-electron chi connectivity index (χ1n) is 5.23. The van der Waals surface area contributed by atoms with E-state index in [0.29, 0.717) is 25.3 Å². The highest BCUT2D eigenvalue weighted by molar-refractivity contribution is 6.32. The number of rotatable bonds is 2. The smallest absolute Gasteiger partial charge is 0.245 e. The van der Waals surface area contributed by atoms with Gasteiger partial charge in [0.05, 0.1) is 0 Å². The van der Waals surface area contributed by atoms with E-state index in [1.165, 1.54) is 0 Å². The number of halogens is 2. The van der Waals surface area contributed by atoms with Crippen molar-refractivity contribution in [3.8, 4) is 0 Å². The van der Waals surface area contributed by atoms with Gasteiger partial charge in [0.2, 0.25) is 11.2 Å². The van der Waals surface area contributed by atoms with Gasteiger partial charge in [-0.05, 0) is 18.0 Å². The second-order valence-electron chi connectivity index (χ2n) is 3.60. The summed E-state index contributed by atoms with van der Waals surface area (Å²) in [6, 6.07) is -0.297. The van der Waals surface area contributed by atoms with E-state index in [9.17, 15) is 4.79 Å². The number of anilines is 1. The SMILES string of the molecule is CCC1C(=O)NCCN1c1nc(Cl)nnc1Cl. The van der Waals surface area contributed by atoms with Crippen molar-refractivity contribution in [1.29, 1.82) is 0 Å². The molecule has 1 fully saturated rings. The van der Waals surface area contributed by atoms with Gasteiger partial charge in [-0.3, -0.25) is 4.79 Å². The summed E-state index contributed by atoms with van der Waals surface area (Å²) in [5.74, 6) is 0.373. The molecule has 0 aliphatic carbocycles. The second kappa shape index (κ2) is 5.01. The highest BCUT2D eigenvalue weighted by atomic mass is 35.5. The maximum Gasteiger partial charge on any atom is 0.245 e. The van der Waals surface area contributed by atoms with Crippen LogP contribution in [0.5, 0.6) is 0 Å². The van der Waals surface area contributed by atoms with E-state index < -0.39 is 0 Å². The molecule has 2 heterocycles. The summed E-state index contributed by atoms with van der Waals surface area (Å²) in [6.07, 6.45) is 0.657. The zero-order chi connectivity index (χ0) is 12.4. The number of hydrogen-bond donors (Lipinski definition) is 1. The Labute approximate surface area is 108 Å². The molecule has 1 unspecified atom stereocenters. The molecule has 0 spiro atoms. The first-order chi connectivity index (χ1) is 8.13. The fourth-order valence-corrected chi connectivity index (χ4v) is 2.15. The lowest BCUT2D eigenvalue weighted by Crippen LogP contribution is -2.55. The van der Waals surface area contributed by atoms with Crippen LogP contribution in [0.4, 0.5) is 5.82 Å². The van der Waals surface area contributed by atoms with Gasteiger partial charge in [0.1, 0.15) is 6.04 Å². The lowest BCUT2D eigenvalue weighted by atomic mass is 10.1. The van der Waals surface area contributed by atoms with Gasteiger partial charge in [0.25, 0.3) is 0 Å². The molecule has 1 aromatic heterocycles. The van der Waals surface area contributed by atoms with Crippen LogP contribution >= 0.6 is 23.2 Å². The van der Waals surface area contributed by atoms with Gasteiger partial charge in [-0.1, -0.05) is 18.5 Å². The minimum absolute atomic E-state index is 0.0187. The Bertz CT molecular complexity index is 441. The van der Waals surface area contributed by atoms with Crippen LogP contribution in [0.2, 0.25) is 10.4 Å². The van der Waals surface area contributed by atoms with E-state index in [-0.39, 0.29) is 22.4 Å². The van der Waals surface area contributed by atoms with Crippen molar-refractivity contribution in [1.82, 2.24) is 20.5 Å². The fourth-order valence-electron chi connectivity index (χ4n) is 1.84. The molecule has 0 radical (unpaired) electrons. The fraction of sp³-hybridized carbons (Fsp3) is 0.556. The van der Waals surface area contributed by atoms with E-state index in [1.807, 2.05) is 11.8 Å². The van der Waals surface area contributed by atoms with Crippen LogP contribution in [0.3, 0.4) is 0 Å². The monoisotopic (exact) mass is 275 g/mol. The topological polar surface area (TPSA) is 71.0 Å². The van der Waals surface area contributed by atoms with Crippen LogP contribution in [0, 0.1) is 0 Å². The average Bonchev–Trinajstić information content (AvgIpc) is 2.32. The zero-order valence-electron chi connectivity index (χ0n) is 9.15. The second-order valence-corrected chi connectivity index (χ2v) is 4.30. The molecular formula is C9H11Cl2N5O. The Hall–Kier alpha value is -1.14. The van der Waals surface area contributed by atoms with Gasteiger partial charge < -0.3 is 10.2 Å². The Morgan fingerprint density at radius 3 is 2.94 bits per heavy atom. The van der Waals surface area contributed by atoms with E-state index in [0.717, 1.165) is 0 Å². The number of nitrogens with one attached hydrogen (secondary N) is 1. The van der Waals surface area contributed by atoms with Gasteiger partial charge in [-0.15, -0.1) is 10.2 Å². The van der Waals surface area contributed by atoms with Crippen molar-refractivity contribution in [2.45, 2.75) is 19.4 Å². The van der Waals surface area contributed by atoms with Crippen LogP contribution in [-0.4, -0.2) is 40.2 Å². The number of amides is 1. The number of hydrogen-bond acceptors (Lipinski definition) is 5. The Balaban J connectivity index is 2.36. The van der Waals surface area contributed by atoms with Crippen molar-refractivity contribution in [3.05, 3.63) is 10.4 Å². The minimum Gasteiger partial charge on any atom is -0.353 e. The molecule has 0 aromatic carbocycles. The van der Waals surface area contributed by atoms with Crippen LogP contribution in [0.25, 0.3) is 0 Å². The van der Waals surface area contributed by atoms with Gasteiger partial charge in [0, 0.05) is 13.1 Å². The molecule has 0 saturated carbocycles. The van der Waals surface area contributed by atoms with Gasteiger partial charge in [-0.2, -0.15) is 4.98 Å². The molecule has 17 heavy (non-hydrogen) atoms. The van der Waals surface area contributed by atoms with Crippen LogP contribution in [0.15, 0.2) is 0 Å². The lowest BCUT2D eigenvalue weighted by Gasteiger charge is -2.35. The van der Waals surface area contributed by atoms with Crippen molar-refractivity contribution in [2.24, 2.45) is 0 Å². The van der Waals surface area contributed by atoms with Gasteiger partial charge in [0.15, 0.2) is 11.0 Å².